The summed E-state index contributed by atoms with van der Waals surface area (Å²) >= 11 is 9.53. The molecular weight excluding hydrogens is 372 g/mol. The second-order valence-electron chi connectivity index (χ2n) is 6.85. The van der Waals surface area contributed by atoms with E-state index < -0.39 is 5.60 Å². The Morgan fingerprint density at radius 1 is 1.24 bits per heavy atom. The molecule has 0 bridgehead atoms. The van der Waals surface area contributed by atoms with Gasteiger partial charge in [0.05, 0.1) is 9.77 Å². The maximum absolute atomic E-state index is 13.3. The first-order valence-electron chi connectivity index (χ1n) is 8.16. The van der Waals surface area contributed by atoms with E-state index in [-0.39, 0.29) is 11.3 Å². The highest BCUT2D eigenvalue weighted by Gasteiger charge is 2.51. The molecule has 0 saturated heterocycles. The van der Waals surface area contributed by atoms with Crippen molar-refractivity contribution >= 4 is 44.8 Å². The molecule has 126 valence electrons. The predicted octanol–water partition coefficient (Wildman–Crippen LogP) is 5.72. The van der Waals surface area contributed by atoms with Gasteiger partial charge in [-0.15, -0.1) is 23.1 Å². The average Bonchev–Trinajstić information content (AvgIpc) is 2.85. The first-order chi connectivity index (χ1) is 12.0. The molecule has 2 aromatic carbocycles. The minimum atomic E-state index is -0.599. The van der Waals surface area contributed by atoms with Crippen LogP contribution in [0.5, 0.6) is 5.75 Å². The van der Waals surface area contributed by atoms with E-state index in [1.54, 1.807) is 29.2 Å². The van der Waals surface area contributed by atoms with Gasteiger partial charge in [0.2, 0.25) is 0 Å². The van der Waals surface area contributed by atoms with E-state index in [0.29, 0.717) is 5.02 Å². The van der Waals surface area contributed by atoms with Crippen molar-refractivity contribution in [1.82, 2.24) is 0 Å². The number of fused-ring (bicyclic) bond motifs is 6. The molecule has 0 radical (unpaired) electrons. The quantitative estimate of drug-likeness (QED) is 0.494. The summed E-state index contributed by atoms with van der Waals surface area (Å²) in [6.45, 7) is 4.17. The first-order valence-corrected chi connectivity index (χ1v) is 10.3. The zero-order valence-corrected chi connectivity index (χ0v) is 16.1. The van der Waals surface area contributed by atoms with Gasteiger partial charge in [-0.25, -0.2) is 0 Å². The Kier molecular flexibility index (Phi) is 3.31. The van der Waals surface area contributed by atoms with Crippen LogP contribution in [-0.4, -0.2) is 5.75 Å². The fourth-order valence-electron chi connectivity index (χ4n) is 3.94. The molecule has 5 heteroatoms. The van der Waals surface area contributed by atoms with E-state index in [0.717, 1.165) is 31.4 Å². The van der Waals surface area contributed by atoms with Crippen molar-refractivity contribution in [2.24, 2.45) is 0 Å². The molecule has 0 fully saturated rings. The molecule has 3 aromatic rings. The van der Waals surface area contributed by atoms with Crippen LogP contribution >= 0.6 is 34.7 Å². The Morgan fingerprint density at radius 2 is 2.08 bits per heavy atom. The summed E-state index contributed by atoms with van der Waals surface area (Å²) in [7, 11) is 0. The highest BCUT2D eigenvalue weighted by atomic mass is 35.5. The maximum Gasteiger partial charge on any atom is 0.196 e. The number of halogens is 1. The lowest BCUT2D eigenvalue weighted by Crippen LogP contribution is -2.40. The lowest BCUT2D eigenvalue weighted by molar-refractivity contribution is 0.0886. The van der Waals surface area contributed by atoms with Crippen LogP contribution in [0.15, 0.2) is 45.4 Å². The van der Waals surface area contributed by atoms with Crippen molar-refractivity contribution in [3.05, 3.63) is 68.3 Å². The molecule has 3 heterocycles. The fourth-order valence-corrected chi connectivity index (χ4v) is 7.19. The lowest BCUT2D eigenvalue weighted by atomic mass is 9.81. The Bertz CT molecular complexity index is 1100. The third-order valence-corrected chi connectivity index (χ3v) is 7.98. The highest BCUT2D eigenvalue weighted by Crippen LogP contribution is 2.57. The van der Waals surface area contributed by atoms with Gasteiger partial charge in [0.15, 0.2) is 5.43 Å². The largest absolute Gasteiger partial charge is 0.482 e. The number of hydrogen-bond acceptors (Lipinski definition) is 4. The summed E-state index contributed by atoms with van der Waals surface area (Å²) in [6, 6.07) is 11.8. The van der Waals surface area contributed by atoms with E-state index >= 15 is 0 Å². The SMILES string of the molecule is Cc1ccc2c(c1)[C@H]1CSc3sc4cc(Cl)ccc4c(=O)c3[C@@]1(C)O2. The summed E-state index contributed by atoms with van der Waals surface area (Å²) < 4.78 is 8.40. The Morgan fingerprint density at radius 3 is 2.92 bits per heavy atom. The van der Waals surface area contributed by atoms with E-state index in [2.05, 4.69) is 26.0 Å². The van der Waals surface area contributed by atoms with Crippen molar-refractivity contribution in [2.75, 3.05) is 5.75 Å². The first kappa shape index (κ1) is 15.7. The van der Waals surface area contributed by atoms with Gasteiger partial charge < -0.3 is 4.74 Å². The Hall–Kier alpha value is -1.49. The standard InChI is InChI=1S/C20H15ClO2S2/c1-10-3-6-15-13(7-10)14-9-24-19-17(20(14,2)23-15)18(22)12-5-4-11(21)8-16(12)25-19/h3-8,14H,9H2,1-2H3/t14-,20+/m1/s1. The highest BCUT2D eigenvalue weighted by molar-refractivity contribution is 8.01. The topological polar surface area (TPSA) is 26.3 Å². The molecule has 0 amide bonds. The number of ether oxygens (including phenoxy) is 1. The van der Waals surface area contributed by atoms with Gasteiger partial charge in [0.25, 0.3) is 0 Å². The van der Waals surface area contributed by atoms with Crippen LogP contribution in [0, 0.1) is 6.92 Å². The molecule has 0 saturated carbocycles. The molecule has 1 aromatic heterocycles. The van der Waals surface area contributed by atoms with Crippen molar-refractivity contribution in [2.45, 2.75) is 29.6 Å². The third kappa shape index (κ3) is 2.14. The van der Waals surface area contributed by atoms with Crippen molar-refractivity contribution < 1.29 is 4.74 Å². The van der Waals surface area contributed by atoms with E-state index in [9.17, 15) is 4.79 Å². The van der Waals surface area contributed by atoms with Crippen LogP contribution in [0.4, 0.5) is 0 Å². The normalized spacial score (nSPS) is 23.7. The monoisotopic (exact) mass is 386 g/mol. The molecule has 2 nitrogen and oxygen atoms in total. The summed E-state index contributed by atoms with van der Waals surface area (Å²) in [5.41, 5.74) is 2.73. The van der Waals surface area contributed by atoms with Gasteiger partial charge in [0, 0.05) is 32.3 Å². The number of rotatable bonds is 0. The zero-order valence-electron chi connectivity index (χ0n) is 13.8. The summed E-state index contributed by atoms with van der Waals surface area (Å²) in [5.74, 6) is 2.03. The molecule has 2 atom stereocenters. The van der Waals surface area contributed by atoms with E-state index in [1.807, 2.05) is 18.2 Å². The predicted molar refractivity (Wildman–Crippen MR) is 106 cm³/mol. The zero-order chi connectivity index (χ0) is 17.3. The van der Waals surface area contributed by atoms with Gasteiger partial charge in [-0.3, -0.25) is 4.79 Å². The summed E-state index contributed by atoms with van der Waals surface area (Å²) in [4.78, 5) is 13.3. The number of thioether (sulfide) groups is 1. The number of hydrogen-bond donors (Lipinski definition) is 0. The van der Waals surface area contributed by atoms with Gasteiger partial charge >= 0.3 is 0 Å². The van der Waals surface area contributed by atoms with Crippen LogP contribution in [0.3, 0.4) is 0 Å². The second-order valence-corrected chi connectivity index (χ2v) is 9.63. The molecule has 0 unspecified atom stereocenters. The second kappa shape index (κ2) is 5.26. The lowest BCUT2D eigenvalue weighted by Gasteiger charge is -2.35. The van der Waals surface area contributed by atoms with Crippen molar-refractivity contribution in [3.63, 3.8) is 0 Å². The molecule has 25 heavy (non-hydrogen) atoms. The van der Waals surface area contributed by atoms with Gasteiger partial charge in [-0.2, -0.15) is 0 Å². The molecule has 0 N–H and O–H groups in total. The number of benzene rings is 2. The molecular formula is C20H15ClO2S2. The minimum Gasteiger partial charge on any atom is -0.482 e. The Balaban J connectivity index is 1.79. The van der Waals surface area contributed by atoms with Gasteiger partial charge in [0.1, 0.15) is 11.4 Å². The van der Waals surface area contributed by atoms with Crippen LogP contribution in [0.2, 0.25) is 5.02 Å². The number of aryl methyl sites for hydroxylation is 1. The van der Waals surface area contributed by atoms with Gasteiger partial charge in [-0.1, -0.05) is 29.3 Å². The van der Waals surface area contributed by atoms with Crippen LogP contribution in [0.1, 0.15) is 29.5 Å². The fraction of sp³-hybridized carbons (Fsp3) is 0.250. The summed E-state index contributed by atoms with van der Waals surface area (Å²) in [5, 5.41) is 1.39. The molecule has 5 rings (SSSR count). The molecule has 0 spiro atoms. The average molecular weight is 387 g/mol. The minimum absolute atomic E-state index is 0.0737. The maximum atomic E-state index is 13.3. The van der Waals surface area contributed by atoms with E-state index in [4.69, 9.17) is 16.3 Å². The van der Waals surface area contributed by atoms with Crippen LogP contribution in [-0.2, 0) is 5.60 Å². The van der Waals surface area contributed by atoms with E-state index in [1.165, 1.54) is 11.1 Å². The molecule has 2 aliphatic rings. The smallest absolute Gasteiger partial charge is 0.196 e. The Labute approximate surface area is 158 Å². The van der Waals surface area contributed by atoms with Crippen molar-refractivity contribution in [3.8, 4) is 5.75 Å². The third-order valence-electron chi connectivity index (χ3n) is 5.23. The van der Waals surface area contributed by atoms with Gasteiger partial charge in [-0.05, 0) is 38.1 Å². The summed E-state index contributed by atoms with van der Waals surface area (Å²) in [6.07, 6.45) is 0. The van der Waals surface area contributed by atoms with Crippen LogP contribution in [0.25, 0.3) is 10.1 Å². The van der Waals surface area contributed by atoms with Crippen LogP contribution < -0.4 is 10.2 Å². The van der Waals surface area contributed by atoms with Crippen molar-refractivity contribution in [1.29, 1.82) is 0 Å². The molecule has 0 aliphatic carbocycles. The molecule has 2 aliphatic heterocycles.